The highest BCUT2D eigenvalue weighted by molar-refractivity contribution is 6.31. The molecule has 1 N–H and O–H groups in total. The van der Waals surface area contributed by atoms with Gasteiger partial charge in [-0.05, 0) is 30.6 Å². The summed E-state index contributed by atoms with van der Waals surface area (Å²) in [5.41, 5.74) is 0.776. The minimum atomic E-state index is -0.472. The van der Waals surface area contributed by atoms with Crippen molar-refractivity contribution in [2.45, 2.75) is 38.3 Å². The maximum atomic E-state index is 10.7. The first-order valence-corrected chi connectivity index (χ1v) is 7.50. The Labute approximate surface area is 118 Å². The van der Waals surface area contributed by atoms with E-state index in [2.05, 4.69) is 5.10 Å². The Hall–Kier alpha value is -0.580. The number of aromatic nitrogens is 2. The van der Waals surface area contributed by atoms with Gasteiger partial charge in [0.25, 0.3) is 0 Å². The van der Waals surface area contributed by atoms with E-state index in [1.54, 1.807) is 18.0 Å². The van der Waals surface area contributed by atoms with E-state index in [0.717, 1.165) is 5.69 Å². The van der Waals surface area contributed by atoms with Crippen molar-refractivity contribution in [2.75, 3.05) is 13.7 Å². The van der Waals surface area contributed by atoms with Crippen molar-refractivity contribution in [1.82, 2.24) is 9.78 Å². The summed E-state index contributed by atoms with van der Waals surface area (Å²) >= 11 is 6.20. The van der Waals surface area contributed by atoms with Gasteiger partial charge in [0.05, 0.1) is 30.1 Å². The molecule has 1 aromatic rings. The molecule has 2 fully saturated rings. The molecule has 0 spiro atoms. The first-order valence-electron chi connectivity index (χ1n) is 7.12. The largest absolute Gasteiger partial charge is 0.386 e. The van der Waals surface area contributed by atoms with Crippen LogP contribution in [0.3, 0.4) is 0 Å². The molecule has 1 heterocycles. The molecule has 0 saturated heterocycles. The van der Waals surface area contributed by atoms with Gasteiger partial charge in [0.2, 0.25) is 0 Å². The lowest BCUT2D eigenvalue weighted by Crippen LogP contribution is -2.14. The number of hydrogen-bond acceptors (Lipinski definition) is 3. The highest BCUT2D eigenvalue weighted by Crippen LogP contribution is 2.60. The van der Waals surface area contributed by atoms with E-state index in [1.807, 2.05) is 0 Å². The summed E-state index contributed by atoms with van der Waals surface area (Å²) in [6.07, 6.45) is 6.29. The molecular weight excluding hydrogens is 264 g/mol. The fraction of sp³-hybridized carbons (Fsp3) is 0.786. The second-order valence-electron chi connectivity index (χ2n) is 5.73. The molecule has 106 valence electrons. The Morgan fingerprint density at radius 3 is 2.79 bits per heavy atom. The van der Waals surface area contributed by atoms with Gasteiger partial charge in [-0.15, -0.1) is 0 Å². The van der Waals surface area contributed by atoms with E-state index < -0.39 is 6.10 Å². The number of halogens is 1. The average Bonchev–Trinajstić information content (AvgIpc) is 3.04. The number of fused-ring (bicyclic) bond motifs is 1. The van der Waals surface area contributed by atoms with Crippen LogP contribution in [0.4, 0.5) is 0 Å². The number of nitrogens with zero attached hydrogens (tertiary/aromatic N) is 2. The summed E-state index contributed by atoms with van der Waals surface area (Å²) in [5.74, 6) is 1.79. The minimum absolute atomic E-state index is 0.387. The number of hydrogen-bond donors (Lipinski definition) is 1. The highest BCUT2D eigenvalue weighted by atomic mass is 35.5. The second-order valence-corrected chi connectivity index (χ2v) is 6.14. The van der Waals surface area contributed by atoms with Crippen molar-refractivity contribution < 1.29 is 9.84 Å². The van der Waals surface area contributed by atoms with Gasteiger partial charge in [-0.25, -0.2) is 0 Å². The quantitative estimate of drug-likeness (QED) is 0.904. The SMILES string of the molecule is COCCn1ncc(Cl)c1C(O)C1C2CCCCC21. The maximum Gasteiger partial charge on any atom is 0.100 e. The third-order valence-electron chi connectivity index (χ3n) is 4.71. The third kappa shape index (κ3) is 2.41. The first-order chi connectivity index (χ1) is 9.24. The van der Waals surface area contributed by atoms with Crippen molar-refractivity contribution in [3.05, 3.63) is 16.9 Å². The lowest BCUT2D eigenvalue weighted by atomic mass is 10.0. The van der Waals surface area contributed by atoms with E-state index in [9.17, 15) is 5.11 Å². The zero-order valence-corrected chi connectivity index (χ0v) is 12.0. The number of aliphatic hydroxyl groups excluding tert-OH is 1. The van der Waals surface area contributed by atoms with Crippen molar-refractivity contribution >= 4 is 11.6 Å². The Balaban J connectivity index is 1.76. The van der Waals surface area contributed by atoms with Crippen molar-refractivity contribution in [1.29, 1.82) is 0 Å². The van der Waals surface area contributed by atoms with Crippen LogP contribution in [0.5, 0.6) is 0 Å². The Morgan fingerprint density at radius 2 is 2.16 bits per heavy atom. The fourth-order valence-corrected chi connectivity index (χ4v) is 3.97. The highest BCUT2D eigenvalue weighted by Gasteiger charge is 2.55. The van der Waals surface area contributed by atoms with Crippen LogP contribution in [-0.4, -0.2) is 28.6 Å². The van der Waals surface area contributed by atoms with Gasteiger partial charge in [-0.3, -0.25) is 4.68 Å². The minimum Gasteiger partial charge on any atom is -0.386 e. The lowest BCUT2D eigenvalue weighted by molar-refractivity contribution is 0.126. The molecule has 2 saturated carbocycles. The number of rotatable bonds is 5. The van der Waals surface area contributed by atoms with Gasteiger partial charge in [-0.2, -0.15) is 5.10 Å². The molecule has 4 nitrogen and oxygen atoms in total. The van der Waals surface area contributed by atoms with Crippen LogP contribution in [0.2, 0.25) is 5.02 Å². The van der Waals surface area contributed by atoms with Gasteiger partial charge in [0.15, 0.2) is 0 Å². The first kappa shape index (κ1) is 13.4. The van der Waals surface area contributed by atoms with Crippen molar-refractivity contribution in [3.8, 4) is 0 Å². The standard InChI is InChI=1S/C14H21ClN2O2/c1-19-7-6-17-13(11(15)8-16-17)14(18)12-9-4-2-3-5-10(9)12/h8-10,12,14,18H,2-7H2,1H3. The summed E-state index contributed by atoms with van der Waals surface area (Å²) < 4.78 is 6.87. The summed E-state index contributed by atoms with van der Waals surface area (Å²) in [5, 5.41) is 15.5. The van der Waals surface area contributed by atoms with Crippen molar-refractivity contribution in [3.63, 3.8) is 0 Å². The van der Waals surface area contributed by atoms with Crippen LogP contribution in [-0.2, 0) is 11.3 Å². The molecule has 19 heavy (non-hydrogen) atoms. The van der Waals surface area contributed by atoms with E-state index >= 15 is 0 Å². The van der Waals surface area contributed by atoms with Gasteiger partial charge < -0.3 is 9.84 Å². The van der Waals surface area contributed by atoms with E-state index in [4.69, 9.17) is 16.3 Å². The summed E-state index contributed by atoms with van der Waals surface area (Å²) in [4.78, 5) is 0. The smallest absolute Gasteiger partial charge is 0.100 e. The van der Waals surface area contributed by atoms with Crippen LogP contribution in [0.1, 0.15) is 37.5 Å². The van der Waals surface area contributed by atoms with Crippen LogP contribution in [0, 0.1) is 17.8 Å². The zero-order chi connectivity index (χ0) is 13.4. The monoisotopic (exact) mass is 284 g/mol. The molecule has 3 atom stereocenters. The number of aliphatic hydroxyl groups is 1. The molecule has 0 aromatic carbocycles. The zero-order valence-electron chi connectivity index (χ0n) is 11.3. The Morgan fingerprint density at radius 1 is 1.47 bits per heavy atom. The van der Waals surface area contributed by atoms with Crippen LogP contribution < -0.4 is 0 Å². The molecule has 2 aliphatic rings. The normalized spacial score (nSPS) is 31.0. The maximum absolute atomic E-state index is 10.7. The molecule has 0 aliphatic heterocycles. The van der Waals surface area contributed by atoms with Gasteiger partial charge in [0, 0.05) is 7.11 Å². The molecule has 1 aromatic heterocycles. The molecule has 3 rings (SSSR count). The van der Waals surface area contributed by atoms with Gasteiger partial charge >= 0.3 is 0 Å². The number of methoxy groups -OCH3 is 1. The number of ether oxygens (including phenoxy) is 1. The lowest BCUT2D eigenvalue weighted by Gasteiger charge is -2.14. The van der Waals surface area contributed by atoms with E-state index in [1.165, 1.54) is 25.7 Å². The molecule has 5 heteroatoms. The summed E-state index contributed by atoms with van der Waals surface area (Å²) in [7, 11) is 1.66. The Kier molecular flexibility index (Phi) is 3.83. The van der Waals surface area contributed by atoms with Crippen LogP contribution >= 0.6 is 11.6 Å². The third-order valence-corrected chi connectivity index (χ3v) is 5.00. The molecule has 0 amide bonds. The Bertz CT molecular complexity index is 437. The second kappa shape index (κ2) is 5.43. The predicted octanol–water partition coefficient (Wildman–Crippen LogP) is 2.65. The van der Waals surface area contributed by atoms with Crippen LogP contribution in [0.25, 0.3) is 0 Å². The molecular formula is C14H21ClN2O2. The molecule has 0 radical (unpaired) electrons. The molecule has 3 unspecified atom stereocenters. The molecule has 2 aliphatic carbocycles. The average molecular weight is 285 g/mol. The van der Waals surface area contributed by atoms with Crippen molar-refractivity contribution in [2.24, 2.45) is 17.8 Å². The van der Waals surface area contributed by atoms with Gasteiger partial charge in [0.1, 0.15) is 6.10 Å². The van der Waals surface area contributed by atoms with Crippen LogP contribution in [0.15, 0.2) is 6.20 Å². The predicted molar refractivity (Wildman–Crippen MR) is 73.0 cm³/mol. The molecule has 0 bridgehead atoms. The van der Waals surface area contributed by atoms with E-state index in [-0.39, 0.29) is 0 Å². The van der Waals surface area contributed by atoms with E-state index in [0.29, 0.717) is 35.9 Å². The topological polar surface area (TPSA) is 47.3 Å². The summed E-state index contributed by atoms with van der Waals surface area (Å²) in [6, 6.07) is 0. The van der Waals surface area contributed by atoms with Gasteiger partial charge in [-0.1, -0.05) is 24.4 Å². The fourth-order valence-electron chi connectivity index (χ4n) is 3.72. The summed E-state index contributed by atoms with van der Waals surface area (Å²) in [6.45, 7) is 1.22.